The normalized spacial score (nSPS) is 14.3. The first-order valence-electron chi connectivity index (χ1n) is 8.64. The second-order valence-corrected chi connectivity index (χ2v) is 6.32. The highest BCUT2D eigenvalue weighted by Gasteiger charge is 2.29. The van der Waals surface area contributed by atoms with Crippen LogP contribution in [0.1, 0.15) is 35.5 Å². The number of nitrogens with one attached hydrogen (secondary N) is 1. The van der Waals surface area contributed by atoms with Gasteiger partial charge in [-0.15, -0.1) is 0 Å². The number of aromatic nitrogens is 3. The third kappa shape index (κ3) is 3.54. The number of hydrogen-bond donors (Lipinski definition) is 1. The molecular formula is C18H23N5O3. The van der Waals surface area contributed by atoms with Gasteiger partial charge in [0.1, 0.15) is 0 Å². The molecule has 0 saturated carbocycles. The number of carbonyl (C=O) groups is 2. The van der Waals surface area contributed by atoms with Gasteiger partial charge in [0.05, 0.1) is 37.4 Å². The summed E-state index contributed by atoms with van der Waals surface area (Å²) in [5.41, 5.74) is 1.99. The average molecular weight is 357 g/mol. The number of methoxy groups -OCH3 is 1. The first-order valence-corrected chi connectivity index (χ1v) is 8.64. The zero-order valence-corrected chi connectivity index (χ0v) is 15.2. The van der Waals surface area contributed by atoms with Crippen molar-refractivity contribution in [3.05, 3.63) is 41.3 Å². The summed E-state index contributed by atoms with van der Waals surface area (Å²) < 4.78 is 7.07. The highest BCUT2D eigenvalue weighted by molar-refractivity contribution is 5.98. The number of fused-ring (bicyclic) bond motifs is 1. The summed E-state index contributed by atoms with van der Waals surface area (Å²) in [7, 11) is 1.54. The van der Waals surface area contributed by atoms with Crippen molar-refractivity contribution in [2.75, 3.05) is 13.7 Å². The summed E-state index contributed by atoms with van der Waals surface area (Å²) in [6.07, 6.45) is 3.50. The first kappa shape index (κ1) is 17.9. The summed E-state index contributed by atoms with van der Waals surface area (Å²) in [6, 6.07) is 3.60. The van der Waals surface area contributed by atoms with E-state index in [1.54, 1.807) is 21.8 Å². The standard InChI is InChI=1S/C18H23N5O3/c1-4-22-11-15-14(18(22)25)8-13(17(21-15)26-3)9-19-16(24)12(2)10-23-7-5-6-20-23/h5-8,12H,4,9-11H2,1-3H3,(H,19,24). The van der Waals surface area contributed by atoms with Crippen molar-refractivity contribution in [3.63, 3.8) is 0 Å². The van der Waals surface area contributed by atoms with Crippen molar-refractivity contribution >= 4 is 11.8 Å². The summed E-state index contributed by atoms with van der Waals surface area (Å²) >= 11 is 0. The van der Waals surface area contributed by atoms with Gasteiger partial charge in [-0.25, -0.2) is 4.98 Å². The van der Waals surface area contributed by atoms with Crippen LogP contribution in [0.4, 0.5) is 0 Å². The van der Waals surface area contributed by atoms with Crippen LogP contribution in [0.3, 0.4) is 0 Å². The highest BCUT2D eigenvalue weighted by atomic mass is 16.5. The topological polar surface area (TPSA) is 89.3 Å². The quantitative estimate of drug-likeness (QED) is 0.805. The van der Waals surface area contributed by atoms with Crippen LogP contribution in [0.25, 0.3) is 0 Å². The fraction of sp³-hybridized carbons (Fsp3) is 0.444. The molecule has 2 aromatic heterocycles. The second kappa shape index (κ2) is 7.55. The van der Waals surface area contributed by atoms with Crippen LogP contribution in [0.5, 0.6) is 5.88 Å². The zero-order chi connectivity index (χ0) is 18.7. The molecule has 0 radical (unpaired) electrons. The molecule has 0 spiro atoms. The van der Waals surface area contributed by atoms with Crippen molar-refractivity contribution in [3.8, 4) is 5.88 Å². The molecule has 26 heavy (non-hydrogen) atoms. The van der Waals surface area contributed by atoms with E-state index in [9.17, 15) is 9.59 Å². The Morgan fingerprint density at radius 2 is 2.27 bits per heavy atom. The van der Waals surface area contributed by atoms with Crippen LogP contribution in [0, 0.1) is 5.92 Å². The van der Waals surface area contributed by atoms with Gasteiger partial charge < -0.3 is 15.0 Å². The fourth-order valence-corrected chi connectivity index (χ4v) is 2.99. The van der Waals surface area contributed by atoms with E-state index in [0.717, 1.165) is 5.69 Å². The molecule has 0 aromatic carbocycles. The van der Waals surface area contributed by atoms with Gasteiger partial charge in [-0.1, -0.05) is 6.92 Å². The number of rotatable bonds is 7. The highest BCUT2D eigenvalue weighted by Crippen LogP contribution is 2.26. The zero-order valence-electron chi connectivity index (χ0n) is 15.2. The molecule has 1 aliphatic heterocycles. The number of amides is 2. The number of ether oxygens (including phenoxy) is 1. The second-order valence-electron chi connectivity index (χ2n) is 6.32. The minimum Gasteiger partial charge on any atom is -0.481 e. The summed E-state index contributed by atoms with van der Waals surface area (Å²) in [5.74, 6) is 0.0804. The molecule has 3 heterocycles. The molecule has 1 atom stereocenters. The lowest BCUT2D eigenvalue weighted by molar-refractivity contribution is -0.125. The third-order valence-electron chi connectivity index (χ3n) is 4.49. The summed E-state index contributed by atoms with van der Waals surface area (Å²) in [6.45, 7) is 5.66. The lowest BCUT2D eigenvalue weighted by Crippen LogP contribution is -2.31. The minimum absolute atomic E-state index is 0.0303. The van der Waals surface area contributed by atoms with E-state index in [-0.39, 0.29) is 24.3 Å². The minimum atomic E-state index is -0.236. The number of carbonyl (C=O) groups excluding carboxylic acids is 2. The van der Waals surface area contributed by atoms with Crippen molar-refractivity contribution in [2.45, 2.75) is 33.5 Å². The van der Waals surface area contributed by atoms with Crippen LogP contribution >= 0.6 is 0 Å². The molecule has 8 heteroatoms. The first-order chi connectivity index (χ1) is 12.5. The van der Waals surface area contributed by atoms with Gasteiger partial charge in [0.2, 0.25) is 11.8 Å². The van der Waals surface area contributed by atoms with E-state index in [1.807, 2.05) is 26.1 Å². The van der Waals surface area contributed by atoms with E-state index in [2.05, 4.69) is 15.4 Å². The Hall–Kier alpha value is -2.90. The maximum atomic E-state index is 12.4. The molecule has 1 unspecified atom stereocenters. The SMILES string of the molecule is CCN1Cc2nc(OC)c(CNC(=O)C(C)Cn3cccn3)cc2C1=O. The molecule has 2 amide bonds. The van der Waals surface area contributed by atoms with E-state index < -0.39 is 0 Å². The van der Waals surface area contributed by atoms with Crippen molar-refractivity contribution in [1.82, 2.24) is 25.0 Å². The molecule has 0 saturated heterocycles. The molecular weight excluding hydrogens is 334 g/mol. The Bertz CT molecular complexity index is 803. The molecule has 0 fully saturated rings. The monoisotopic (exact) mass is 357 g/mol. The molecule has 0 bridgehead atoms. The van der Waals surface area contributed by atoms with Crippen LogP contribution in [-0.2, 0) is 24.4 Å². The van der Waals surface area contributed by atoms with Crippen LogP contribution in [0.2, 0.25) is 0 Å². The van der Waals surface area contributed by atoms with Gasteiger partial charge in [0.25, 0.3) is 5.91 Å². The molecule has 2 aromatic rings. The van der Waals surface area contributed by atoms with Crippen molar-refractivity contribution in [1.29, 1.82) is 0 Å². The van der Waals surface area contributed by atoms with Gasteiger partial charge >= 0.3 is 0 Å². The molecule has 138 valence electrons. The van der Waals surface area contributed by atoms with Crippen LogP contribution in [-0.4, -0.2) is 45.1 Å². The van der Waals surface area contributed by atoms with E-state index in [1.165, 1.54) is 7.11 Å². The fourth-order valence-electron chi connectivity index (χ4n) is 2.99. The average Bonchev–Trinajstić information content (AvgIpc) is 3.26. The number of nitrogens with zero attached hydrogens (tertiary/aromatic N) is 4. The predicted octanol–water partition coefficient (Wildman–Crippen LogP) is 1.21. The molecule has 8 nitrogen and oxygen atoms in total. The Morgan fingerprint density at radius 1 is 1.46 bits per heavy atom. The number of pyridine rings is 1. The molecule has 1 N–H and O–H groups in total. The van der Waals surface area contributed by atoms with E-state index >= 15 is 0 Å². The Labute approximate surface area is 152 Å². The van der Waals surface area contributed by atoms with Gasteiger partial charge in [-0.2, -0.15) is 5.10 Å². The summed E-state index contributed by atoms with van der Waals surface area (Å²) in [4.78, 5) is 30.9. The third-order valence-corrected chi connectivity index (χ3v) is 4.49. The van der Waals surface area contributed by atoms with E-state index in [0.29, 0.717) is 36.6 Å². The molecule has 3 rings (SSSR count). The Morgan fingerprint density at radius 3 is 2.92 bits per heavy atom. The predicted molar refractivity (Wildman–Crippen MR) is 94.4 cm³/mol. The van der Waals surface area contributed by atoms with Crippen molar-refractivity contribution < 1.29 is 14.3 Å². The molecule has 1 aliphatic rings. The largest absolute Gasteiger partial charge is 0.481 e. The Balaban J connectivity index is 1.69. The maximum Gasteiger partial charge on any atom is 0.256 e. The molecule has 0 aliphatic carbocycles. The van der Waals surface area contributed by atoms with Crippen LogP contribution < -0.4 is 10.1 Å². The van der Waals surface area contributed by atoms with Gasteiger partial charge in [0.15, 0.2) is 0 Å². The van der Waals surface area contributed by atoms with Gasteiger partial charge in [0, 0.05) is 31.0 Å². The summed E-state index contributed by atoms with van der Waals surface area (Å²) in [5, 5.41) is 7.00. The lowest BCUT2D eigenvalue weighted by atomic mass is 10.1. The van der Waals surface area contributed by atoms with E-state index in [4.69, 9.17) is 4.74 Å². The van der Waals surface area contributed by atoms with Crippen molar-refractivity contribution in [2.24, 2.45) is 5.92 Å². The smallest absolute Gasteiger partial charge is 0.256 e. The lowest BCUT2D eigenvalue weighted by Gasteiger charge is -2.14. The van der Waals surface area contributed by atoms with Gasteiger partial charge in [-0.3, -0.25) is 14.3 Å². The maximum absolute atomic E-state index is 12.4. The number of hydrogen-bond acceptors (Lipinski definition) is 5. The van der Waals surface area contributed by atoms with Gasteiger partial charge in [-0.05, 0) is 19.1 Å². The Kier molecular flexibility index (Phi) is 5.20. The van der Waals surface area contributed by atoms with Crippen LogP contribution in [0.15, 0.2) is 24.5 Å².